The highest BCUT2D eigenvalue weighted by atomic mass is 19.1. The predicted octanol–water partition coefficient (Wildman–Crippen LogP) is 3.30. The van der Waals surface area contributed by atoms with Gasteiger partial charge in [0.25, 0.3) is 5.91 Å². The van der Waals surface area contributed by atoms with Gasteiger partial charge in [-0.2, -0.15) is 0 Å². The lowest BCUT2D eigenvalue weighted by Crippen LogP contribution is -2.27. The number of aromatic nitrogens is 2. The number of halogens is 1. The largest absolute Gasteiger partial charge is 0.359 e. The highest BCUT2D eigenvalue weighted by Gasteiger charge is 2.21. The molecule has 1 aliphatic heterocycles. The molecule has 4 rings (SSSR count). The van der Waals surface area contributed by atoms with Crippen LogP contribution in [0.4, 0.5) is 4.39 Å². The standard InChI is InChI=1S/C22H23FN4O2/c1-27(14-17-12-21(26-29-17)20-4-2-3-8-25-20)22(28)18-11-15(5-6-19(18)23)10-16-7-9-24-13-16/h2-6,8,11-12,16,24H,7,9-10,13-14H2,1H3. The molecule has 0 bridgehead atoms. The fraction of sp³-hybridized carbons (Fsp3) is 0.318. The van der Waals surface area contributed by atoms with E-state index in [-0.39, 0.29) is 18.0 Å². The van der Waals surface area contributed by atoms with Crippen LogP contribution in [0.25, 0.3) is 11.4 Å². The molecule has 6 nitrogen and oxygen atoms in total. The lowest BCUT2D eigenvalue weighted by atomic mass is 9.97. The van der Waals surface area contributed by atoms with E-state index < -0.39 is 5.82 Å². The van der Waals surface area contributed by atoms with Gasteiger partial charge in [-0.1, -0.05) is 17.3 Å². The number of nitrogens with one attached hydrogen (secondary N) is 1. The molecule has 1 N–H and O–H groups in total. The molecule has 1 aromatic carbocycles. The highest BCUT2D eigenvalue weighted by molar-refractivity contribution is 5.94. The van der Waals surface area contributed by atoms with Crippen molar-refractivity contribution in [1.82, 2.24) is 20.4 Å². The normalized spacial score (nSPS) is 16.1. The van der Waals surface area contributed by atoms with Crippen molar-refractivity contribution in [2.45, 2.75) is 19.4 Å². The van der Waals surface area contributed by atoms with E-state index in [2.05, 4.69) is 15.5 Å². The van der Waals surface area contributed by atoms with Crippen LogP contribution in [0.1, 0.15) is 28.1 Å². The van der Waals surface area contributed by atoms with Gasteiger partial charge in [0.15, 0.2) is 5.76 Å². The van der Waals surface area contributed by atoms with E-state index in [4.69, 9.17) is 4.52 Å². The van der Waals surface area contributed by atoms with Crippen LogP contribution in [0.2, 0.25) is 0 Å². The molecule has 150 valence electrons. The summed E-state index contributed by atoms with van der Waals surface area (Å²) in [7, 11) is 1.62. The van der Waals surface area contributed by atoms with Crippen molar-refractivity contribution in [3.05, 3.63) is 71.4 Å². The summed E-state index contributed by atoms with van der Waals surface area (Å²) in [4.78, 5) is 18.5. The zero-order chi connectivity index (χ0) is 20.2. The molecule has 1 saturated heterocycles. The third kappa shape index (κ3) is 4.51. The molecule has 1 amide bonds. The van der Waals surface area contributed by atoms with Crippen molar-refractivity contribution in [3.8, 4) is 11.4 Å². The molecule has 2 aromatic heterocycles. The average molecular weight is 394 g/mol. The number of carbonyl (C=O) groups excluding carboxylic acids is 1. The molecule has 1 fully saturated rings. The summed E-state index contributed by atoms with van der Waals surface area (Å²) in [6, 6.07) is 12.1. The first kappa shape index (κ1) is 19.3. The maximum Gasteiger partial charge on any atom is 0.256 e. The average Bonchev–Trinajstić information content (AvgIpc) is 3.42. The van der Waals surface area contributed by atoms with Gasteiger partial charge in [-0.05, 0) is 61.7 Å². The minimum absolute atomic E-state index is 0.0837. The van der Waals surface area contributed by atoms with E-state index in [1.54, 1.807) is 31.4 Å². The summed E-state index contributed by atoms with van der Waals surface area (Å²) in [6.07, 6.45) is 3.62. The number of hydrogen-bond donors (Lipinski definition) is 1. The SMILES string of the molecule is CN(Cc1cc(-c2ccccn2)no1)C(=O)c1cc(CC2CCNC2)ccc1F. The third-order valence-corrected chi connectivity index (χ3v) is 5.17. The number of amides is 1. The summed E-state index contributed by atoms with van der Waals surface area (Å²) in [5.74, 6) is 0.141. The van der Waals surface area contributed by atoms with Crippen molar-refractivity contribution in [2.24, 2.45) is 5.92 Å². The lowest BCUT2D eigenvalue weighted by Gasteiger charge is -2.17. The van der Waals surface area contributed by atoms with Crippen molar-refractivity contribution in [2.75, 3.05) is 20.1 Å². The van der Waals surface area contributed by atoms with E-state index in [0.29, 0.717) is 23.1 Å². The Labute approximate surface area is 168 Å². The first-order chi connectivity index (χ1) is 14.1. The molecular weight excluding hydrogens is 371 g/mol. The van der Waals surface area contributed by atoms with Gasteiger partial charge in [0, 0.05) is 19.3 Å². The first-order valence-corrected chi connectivity index (χ1v) is 9.72. The van der Waals surface area contributed by atoms with E-state index in [9.17, 15) is 9.18 Å². The van der Waals surface area contributed by atoms with E-state index in [1.807, 2.05) is 18.2 Å². The maximum absolute atomic E-state index is 14.4. The van der Waals surface area contributed by atoms with Crippen LogP contribution in [0, 0.1) is 11.7 Å². The van der Waals surface area contributed by atoms with Crippen molar-refractivity contribution in [3.63, 3.8) is 0 Å². The molecule has 29 heavy (non-hydrogen) atoms. The lowest BCUT2D eigenvalue weighted by molar-refractivity contribution is 0.0767. The minimum atomic E-state index is -0.512. The highest BCUT2D eigenvalue weighted by Crippen LogP contribution is 2.21. The predicted molar refractivity (Wildman–Crippen MR) is 107 cm³/mol. The van der Waals surface area contributed by atoms with Gasteiger partial charge in [0.05, 0.1) is 17.8 Å². The van der Waals surface area contributed by atoms with Gasteiger partial charge in [-0.25, -0.2) is 4.39 Å². The fourth-order valence-electron chi connectivity index (χ4n) is 3.62. The molecule has 0 radical (unpaired) electrons. The van der Waals surface area contributed by atoms with E-state index >= 15 is 0 Å². The van der Waals surface area contributed by atoms with Gasteiger partial charge >= 0.3 is 0 Å². The van der Waals surface area contributed by atoms with Gasteiger partial charge in [0.2, 0.25) is 0 Å². The second-order valence-corrected chi connectivity index (χ2v) is 7.43. The number of benzene rings is 1. The number of rotatable bonds is 6. The van der Waals surface area contributed by atoms with Gasteiger partial charge in [-0.15, -0.1) is 0 Å². The molecule has 0 spiro atoms. The molecule has 3 aromatic rings. The Morgan fingerprint density at radius 3 is 2.93 bits per heavy atom. The number of pyridine rings is 1. The Morgan fingerprint density at radius 2 is 2.17 bits per heavy atom. The summed E-state index contributed by atoms with van der Waals surface area (Å²) >= 11 is 0. The molecular formula is C22H23FN4O2. The molecule has 0 aliphatic carbocycles. The van der Waals surface area contributed by atoms with Crippen LogP contribution in [-0.2, 0) is 13.0 Å². The Balaban J connectivity index is 1.45. The van der Waals surface area contributed by atoms with Crippen LogP contribution in [-0.4, -0.2) is 41.1 Å². The van der Waals surface area contributed by atoms with Crippen LogP contribution in [0.5, 0.6) is 0 Å². The van der Waals surface area contributed by atoms with Gasteiger partial charge < -0.3 is 14.7 Å². The minimum Gasteiger partial charge on any atom is -0.359 e. The molecule has 1 atom stereocenters. The van der Waals surface area contributed by atoms with E-state index in [1.165, 1.54) is 11.0 Å². The van der Waals surface area contributed by atoms with Crippen molar-refractivity contribution >= 4 is 5.91 Å². The Bertz CT molecular complexity index is 983. The number of carbonyl (C=O) groups is 1. The summed E-state index contributed by atoms with van der Waals surface area (Å²) in [6.45, 7) is 2.16. The van der Waals surface area contributed by atoms with Gasteiger partial charge in [-0.3, -0.25) is 9.78 Å². The molecule has 0 saturated carbocycles. The monoisotopic (exact) mass is 394 g/mol. The molecule has 3 heterocycles. The smallest absolute Gasteiger partial charge is 0.256 e. The number of hydrogen-bond acceptors (Lipinski definition) is 5. The quantitative estimate of drug-likeness (QED) is 0.695. The van der Waals surface area contributed by atoms with Gasteiger partial charge in [0.1, 0.15) is 11.5 Å². The van der Waals surface area contributed by atoms with Crippen LogP contribution >= 0.6 is 0 Å². The van der Waals surface area contributed by atoms with E-state index in [0.717, 1.165) is 31.5 Å². The summed E-state index contributed by atoms with van der Waals surface area (Å²) in [5.41, 5.74) is 2.35. The van der Waals surface area contributed by atoms with Crippen molar-refractivity contribution in [1.29, 1.82) is 0 Å². The Kier molecular flexibility index (Phi) is 5.67. The van der Waals surface area contributed by atoms with Crippen molar-refractivity contribution < 1.29 is 13.7 Å². The topological polar surface area (TPSA) is 71.3 Å². The fourth-order valence-corrected chi connectivity index (χ4v) is 3.62. The molecule has 7 heteroatoms. The summed E-state index contributed by atoms with van der Waals surface area (Å²) in [5, 5.41) is 7.34. The summed E-state index contributed by atoms with van der Waals surface area (Å²) < 4.78 is 19.7. The maximum atomic E-state index is 14.4. The Hall–Kier alpha value is -3.06. The molecule has 1 aliphatic rings. The molecule has 1 unspecified atom stereocenters. The van der Waals surface area contributed by atoms with Crippen LogP contribution in [0.3, 0.4) is 0 Å². The number of nitrogens with zero attached hydrogens (tertiary/aromatic N) is 3. The van der Waals surface area contributed by atoms with Crippen LogP contribution in [0.15, 0.2) is 53.2 Å². The first-order valence-electron chi connectivity index (χ1n) is 9.72. The second-order valence-electron chi connectivity index (χ2n) is 7.43. The zero-order valence-electron chi connectivity index (χ0n) is 16.3. The second kappa shape index (κ2) is 8.53. The Morgan fingerprint density at radius 1 is 1.28 bits per heavy atom. The third-order valence-electron chi connectivity index (χ3n) is 5.17. The van der Waals surface area contributed by atoms with Crippen LogP contribution < -0.4 is 5.32 Å². The zero-order valence-corrected chi connectivity index (χ0v) is 16.3.